The lowest BCUT2D eigenvalue weighted by molar-refractivity contribution is -0.125. The fraction of sp³-hybridized carbons (Fsp3) is 0.556. The number of aliphatic hydroxyl groups excluding tert-OH is 3. The summed E-state index contributed by atoms with van der Waals surface area (Å²) in [4.78, 5) is 15.0. The number of hydrogen-bond donors (Lipinski definition) is 5. The molecule has 2 heterocycles. The number of nitrogen functional groups attached to an aromatic ring is 1. The average molecular weight is 258 g/mol. The second-order valence-electron chi connectivity index (χ2n) is 4.10. The molecule has 0 amide bonds. The maximum absolute atomic E-state index is 11.6. The molecule has 0 aromatic carbocycles. The van der Waals surface area contributed by atoms with E-state index in [9.17, 15) is 15.0 Å². The Labute approximate surface area is 101 Å². The monoisotopic (exact) mass is 258 g/mol. The van der Waals surface area contributed by atoms with Gasteiger partial charge in [-0.15, -0.1) is 0 Å². The number of hydrogen-bond acceptors (Lipinski definition) is 8. The Kier molecular flexibility index (Phi) is 3.09. The van der Waals surface area contributed by atoms with E-state index in [1.165, 1.54) is 12.3 Å². The molecule has 0 unspecified atom stereocenters. The molecule has 1 aromatic rings. The normalized spacial score (nSPS) is 35.9. The van der Waals surface area contributed by atoms with E-state index >= 15 is 0 Å². The SMILES string of the molecule is Nc1ccn([C@@H]2O[C@](N)(CO)[C@@H](O)[C@@H]2O)c(=O)n1. The summed E-state index contributed by atoms with van der Waals surface area (Å²) in [5.74, 6) is 0.0189. The predicted molar refractivity (Wildman–Crippen MR) is 59.0 cm³/mol. The van der Waals surface area contributed by atoms with E-state index in [2.05, 4.69) is 4.98 Å². The van der Waals surface area contributed by atoms with Gasteiger partial charge < -0.3 is 25.8 Å². The highest BCUT2D eigenvalue weighted by Gasteiger charge is 2.52. The fourth-order valence-electron chi connectivity index (χ4n) is 1.78. The van der Waals surface area contributed by atoms with E-state index in [4.69, 9.17) is 21.3 Å². The van der Waals surface area contributed by atoms with E-state index in [0.29, 0.717) is 0 Å². The first-order chi connectivity index (χ1) is 8.39. The molecule has 0 saturated carbocycles. The van der Waals surface area contributed by atoms with E-state index in [-0.39, 0.29) is 5.82 Å². The van der Waals surface area contributed by atoms with Gasteiger partial charge in [-0.25, -0.2) is 4.79 Å². The van der Waals surface area contributed by atoms with Crippen LogP contribution in [0.4, 0.5) is 5.82 Å². The van der Waals surface area contributed by atoms with Crippen molar-refractivity contribution < 1.29 is 20.1 Å². The zero-order valence-electron chi connectivity index (χ0n) is 9.30. The molecule has 0 bridgehead atoms. The molecular weight excluding hydrogens is 244 g/mol. The van der Waals surface area contributed by atoms with Crippen LogP contribution >= 0.6 is 0 Å². The van der Waals surface area contributed by atoms with Crippen molar-refractivity contribution in [3.63, 3.8) is 0 Å². The fourth-order valence-corrected chi connectivity index (χ4v) is 1.78. The number of rotatable bonds is 2. The molecule has 1 aliphatic heterocycles. The highest BCUT2D eigenvalue weighted by Crippen LogP contribution is 2.32. The van der Waals surface area contributed by atoms with Crippen molar-refractivity contribution in [2.75, 3.05) is 12.3 Å². The van der Waals surface area contributed by atoms with Crippen LogP contribution in [0.1, 0.15) is 6.23 Å². The van der Waals surface area contributed by atoms with Crippen molar-refractivity contribution in [2.24, 2.45) is 5.73 Å². The molecule has 100 valence electrons. The van der Waals surface area contributed by atoms with Crippen LogP contribution in [-0.4, -0.2) is 49.4 Å². The smallest absolute Gasteiger partial charge is 0.351 e. The molecule has 1 aromatic heterocycles. The number of aliphatic hydroxyl groups is 3. The van der Waals surface area contributed by atoms with E-state index < -0.39 is 36.5 Å². The Morgan fingerprint density at radius 3 is 2.72 bits per heavy atom. The highest BCUT2D eigenvalue weighted by molar-refractivity contribution is 5.23. The maximum Gasteiger partial charge on any atom is 0.351 e. The molecule has 2 rings (SSSR count). The molecule has 9 heteroatoms. The van der Waals surface area contributed by atoms with Crippen LogP contribution in [0.5, 0.6) is 0 Å². The van der Waals surface area contributed by atoms with Gasteiger partial charge in [0, 0.05) is 6.20 Å². The lowest BCUT2D eigenvalue weighted by Crippen LogP contribution is -2.54. The standard InChI is InChI=1S/C9H14N4O5/c10-4-1-2-13(8(17)12-4)7-5(15)6(16)9(11,3-14)18-7/h1-2,5-7,14-16H,3,11H2,(H2,10,12,17)/t5-,6-,7+,9+/m0/s1. The Bertz CT molecular complexity index is 506. The van der Waals surface area contributed by atoms with Gasteiger partial charge in [-0.1, -0.05) is 0 Å². The molecule has 1 saturated heterocycles. The minimum atomic E-state index is -1.83. The first-order valence-electron chi connectivity index (χ1n) is 5.17. The zero-order chi connectivity index (χ0) is 13.5. The Balaban J connectivity index is 2.38. The number of nitrogens with zero attached hydrogens (tertiary/aromatic N) is 2. The summed E-state index contributed by atoms with van der Waals surface area (Å²) in [6.07, 6.45) is -2.98. The van der Waals surface area contributed by atoms with Gasteiger partial charge >= 0.3 is 5.69 Å². The summed E-state index contributed by atoms with van der Waals surface area (Å²) in [6, 6.07) is 1.33. The van der Waals surface area contributed by atoms with Crippen LogP contribution in [0.3, 0.4) is 0 Å². The molecule has 18 heavy (non-hydrogen) atoms. The summed E-state index contributed by atoms with van der Waals surface area (Å²) < 4.78 is 6.08. The van der Waals surface area contributed by atoms with E-state index in [1.807, 2.05) is 0 Å². The van der Waals surface area contributed by atoms with E-state index in [0.717, 1.165) is 4.57 Å². The molecular formula is C9H14N4O5. The number of nitrogens with two attached hydrogens (primary N) is 2. The van der Waals surface area contributed by atoms with Gasteiger partial charge in [0.25, 0.3) is 0 Å². The summed E-state index contributed by atoms with van der Waals surface area (Å²) in [7, 11) is 0. The van der Waals surface area contributed by atoms with Crippen LogP contribution < -0.4 is 17.2 Å². The third-order valence-electron chi connectivity index (χ3n) is 2.83. The number of anilines is 1. The third kappa shape index (κ3) is 1.87. The topological polar surface area (TPSA) is 157 Å². The lowest BCUT2D eigenvalue weighted by atomic mass is 10.1. The second-order valence-corrected chi connectivity index (χ2v) is 4.10. The molecule has 0 spiro atoms. The average Bonchev–Trinajstić information content (AvgIpc) is 2.55. The number of ether oxygens (including phenoxy) is 1. The van der Waals surface area contributed by atoms with Crippen molar-refractivity contribution in [2.45, 2.75) is 24.2 Å². The number of aromatic nitrogens is 2. The molecule has 7 N–H and O–H groups in total. The molecule has 9 nitrogen and oxygen atoms in total. The first-order valence-corrected chi connectivity index (χ1v) is 5.17. The minimum Gasteiger partial charge on any atom is -0.392 e. The molecule has 0 radical (unpaired) electrons. The van der Waals surface area contributed by atoms with Crippen LogP contribution in [-0.2, 0) is 4.74 Å². The molecule has 1 fully saturated rings. The maximum atomic E-state index is 11.6. The van der Waals surface area contributed by atoms with Gasteiger partial charge in [0.05, 0.1) is 6.61 Å². The lowest BCUT2D eigenvalue weighted by Gasteiger charge is -2.24. The quantitative estimate of drug-likeness (QED) is 0.369. The Hall–Kier alpha value is -1.52. The molecule has 4 atom stereocenters. The minimum absolute atomic E-state index is 0.0189. The summed E-state index contributed by atoms with van der Waals surface area (Å²) in [6.45, 7) is -0.709. The van der Waals surface area contributed by atoms with Crippen LogP contribution in [0.2, 0.25) is 0 Å². The largest absolute Gasteiger partial charge is 0.392 e. The van der Waals surface area contributed by atoms with Gasteiger partial charge in [0.1, 0.15) is 18.0 Å². The Morgan fingerprint density at radius 1 is 1.56 bits per heavy atom. The van der Waals surface area contributed by atoms with E-state index in [1.54, 1.807) is 0 Å². The third-order valence-corrected chi connectivity index (χ3v) is 2.83. The van der Waals surface area contributed by atoms with Crippen molar-refractivity contribution in [3.8, 4) is 0 Å². The van der Waals surface area contributed by atoms with Crippen molar-refractivity contribution in [1.29, 1.82) is 0 Å². The van der Waals surface area contributed by atoms with Gasteiger partial charge in [0.15, 0.2) is 12.0 Å². The van der Waals surface area contributed by atoms with Gasteiger partial charge in [-0.2, -0.15) is 4.98 Å². The van der Waals surface area contributed by atoms with Gasteiger partial charge in [0.2, 0.25) is 0 Å². The predicted octanol–water partition coefficient (Wildman–Crippen LogP) is -3.28. The summed E-state index contributed by atoms with van der Waals surface area (Å²) in [5.41, 5.74) is 8.30. The van der Waals surface area contributed by atoms with Crippen molar-refractivity contribution >= 4 is 5.82 Å². The zero-order valence-corrected chi connectivity index (χ0v) is 9.30. The molecule has 1 aliphatic rings. The van der Waals surface area contributed by atoms with Gasteiger partial charge in [-0.3, -0.25) is 10.3 Å². The van der Waals surface area contributed by atoms with Crippen molar-refractivity contribution in [3.05, 3.63) is 22.7 Å². The van der Waals surface area contributed by atoms with Crippen LogP contribution in [0, 0.1) is 0 Å². The van der Waals surface area contributed by atoms with Crippen LogP contribution in [0.15, 0.2) is 17.1 Å². The van der Waals surface area contributed by atoms with Gasteiger partial charge in [-0.05, 0) is 6.07 Å². The summed E-state index contributed by atoms with van der Waals surface area (Å²) >= 11 is 0. The van der Waals surface area contributed by atoms with Crippen molar-refractivity contribution in [1.82, 2.24) is 9.55 Å². The Morgan fingerprint density at radius 2 is 2.22 bits per heavy atom. The molecule has 0 aliphatic carbocycles. The van der Waals surface area contributed by atoms with Crippen LogP contribution in [0.25, 0.3) is 0 Å². The second kappa shape index (κ2) is 4.30. The summed E-state index contributed by atoms with van der Waals surface area (Å²) in [5, 5.41) is 28.5. The highest BCUT2D eigenvalue weighted by atomic mass is 16.6. The first kappa shape index (κ1) is 12.9.